The minimum atomic E-state index is -3.67. The zero-order valence-corrected chi connectivity index (χ0v) is 16.5. The van der Waals surface area contributed by atoms with Gasteiger partial charge in [0.15, 0.2) is 5.82 Å². The molecule has 0 saturated heterocycles. The van der Waals surface area contributed by atoms with E-state index in [0.717, 1.165) is 22.4 Å². The Morgan fingerprint density at radius 1 is 1.04 bits per heavy atom. The average molecular weight is 398 g/mol. The van der Waals surface area contributed by atoms with Crippen molar-refractivity contribution >= 4 is 27.5 Å². The van der Waals surface area contributed by atoms with E-state index in [-0.39, 0.29) is 4.90 Å². The smallest absolute Gasteiger partial charge is 0.249 e. The second-order valence-corrected chi connectivity index (χ2v) is 8.09. The second-order valence-electron chi connectivity index (χ2n) is 6.53. The molecule has 146 valence electrons. The third-order valence-corrected chi connectivity index (χ3v) is 4.94. The molecular weight excluding hydrogens is 376 g/mol. The largest absolute Gasteiger partial charge is 0.368 e. The van der Waals surface area contributed by atoms with E-state index in [4.69, 9.17) is 5.14 Å². The van der Waals surface area contributed by atoms with Gasteiger partial charge in [-0.05, 0) is 61.2 Å². The molecule has 0 saturated carbocycles. The summed E-state index contributed by atoms with van der Waals surface area (Å²) in [6.07, 6.45) is 2.24. The Kier molecular flexibility index (Phi) is 5.86. The molecule has 8 nitrogen and oxygen atoms in total. The molecule has 0 bridgehead atoms. The molecule has 0 aliphatic heterocycles. The van der Waals surface area contributed by atoms with Crippen molar-refractivity contribution < 1.29 is 8.42 Å². The van der Waals surface area contributed by atoms with Gasteiger partial charge in [0, 0.05) is 12.2 Å². The van der Waals surface area contributed by atoms with Gasteiger partial charge in [-0.15, -0.1) is 5.10 Å². The fraction of sp³-hybridized carbons (Fsp3) is 0.211. The molecule has 28 heavy (non-hydrogen) atoms. The summed E-state index contributed by atoms with van der Waals surface area (Å²) in [6, 6.07) is 12.6. The standard InChI is InChI=1S/C19H22N6O2S/c1-13-9-14(2)11-16(10-13)23-19-24-18(12-22-25-19)21-8-7-15-3-5-17(6-4-15)28(20,26)27/h3-6,9-12H,7-8H2,1-2H3,(H2,20,26,27)(H2,21,23,24,25). The SMILES string of the molecule is Cc1cc(C)cc(Nc2nncc(NCCc3ccc(S(N)(=O)=O)cc3)n2)c1. The van der Waals surface area contributed by atoms with Crippen molar-refractivity contribution in [2.24, 2.45) is 5.14 Å². The molecule has 3 rings (SSSR count). The van der Waals surface area contributed by atoms with Crippen LogP contribution in [-0.4, -0.2) is 30.1 Å². The zero-order chi connectivity index (χ0) is 20.1. The molecule has 1 heterocycles. The van der Waals surface area contributed by atoms with Gasteiger partial charge in [0.25, 0.3) is 0 Å². The number of primary sulfonamides is 1. The van der Waals surface area contributed by atoms with Gasteiger partial charge in [-0.1, -0.05) is 18.2 Å². The molecule has 0 radical (unpaired) electrons. The quantitative estimate of drug-likeness (QED) is 0.559. The summed E-state index contributed by atoms with van der Waals surface area (Å²) in [5.74, 6) is 1.01. The van der Waals surface area contributed by atoms with Gasteiger partial charge in [0.1, 0.15) is 0 Å². The number of benzene rings is 2. The summed E-state index contributed by atoms with van der Waals surface area (Å²) in [5, 5.41) is 19.4. The van der Waals surface area contributed by atoms with E-state index in [1.54, 1.807) is 18.3 Å². The summed E-state index contributed by atoms with van der Waals surface area (Å²) in [5.41, 5.74) is 4.19. The predicted octanol–water partition coefficient (Wildman–Crippen LogP) is 2.53. The van der Waals surface area contributed by atoms with Crippen molar-refractivity contribution in [3.05, 3.63) is 65.4 Å². The topological polar surface area (TPSA) is 123 Å². The Bertz CT molecular complexity index is 1050. The molecule has 0 aliphatic rings. The second kappa shape index (κ2) is 8.32. The number of hydrogen-bond donors (Lipinski definition) is 3. The molecular formula is C19H22N6O2S. The van der Waals surface area contributed by atoms with Crippen LogP contribution in [0.5, 0.6) is 0 Å². The summed E-state index contributed by atoms with van der Waals surface area (Å²) in [6.45, 7) is 4.67. The highest BCUT2D eigenvalue weighted by Crippen LogP contribution is 2.17. The fourth-order valence-corrected chi connectivity index (χ4v) is 3.31. The van der Waals surface area contributed by atoms with E-state index in [0.29, 0.717) is 24.7 Å². The number of hydrogen-bond acceptors (Lipinski definition) is 7. The Balaban J connectivity index is 1.59. The highest BCUT2D eigenvalue weighted by molar-refractivity contribution is 7.89. The van der Waals surface area contributed by atoms with Crippen LogP contribution in [0.4, 0.5) is 17.5 Å². The van der Waals surface area contributed by atoms with Crippen LogP contribution in [0.25, 0.3) is 0 Å². The molecule has 4 N–H and O–H groups in total. The lowest BCUT2D eigenvalue weighted by atomic mass is 10.1. The van der Waals surface area contributed by atoms with Crippen molar-refractivity contribution in [2.45, 2.75) is 25.2 Å². The maximum absolute atomic E-state index is 11.3. The van der Waals surface area contributed by atoms with E-state index < -0.39 is 10.0 Å². The molecule has 1 aromatic heterocycles. The van der Waals surface area contributed by atoms with Crippen LogP contribution < -0.4 is 15.8 Å². The highest BCUT2D eigenvalue weighted by atomic mass is 32.2. The predicted molar refractivity (Wildman–Crippen MR) is 109 cm³/mol. The first-order valence-electron chi connectivity index (χ1n) is 8.70. The summed E-state index contributed by atoms with van der Waals surface area (Å²) in [4.78, 5) is 4.52. The lowest BCUT2D eigenvalue weighted by Crippen LogP contribution is -2.12. The van der Waals surface area contributed by atoms with Crippen LogP contribution in [-0.2, 0) is 16.4 Å². The van der Waals surface area contributed by atoms with Crippen molar-refractivity contribution in [3.8, 4) is 0 Å². The number of rotatable bonds is 7. The van der Waals surface area contributed by atoms with Gasteiger partial charge in [-0.3, -0.25) is 0 Å². The molecule has 0 amide bonds. The van der Waals surface area contributed by atoms with E-state index >= 15 is 0 Å². The number of sulfonamides is 1. The Morgan fingerprint density at radius 2 is 1.71 bits per heavy atom. The van der Waals surface area contributed by atoms with E-state index in [2.05, 4.69) is 31.9 Å². The summed E-state index contributed by atoms with van der Waals surface area (Å²) >= 11 is 0. The van der Waals surface area contributed by atoms with Gasteiger partial charge in [-0.25, -0.2) is 13.6 Å². The maximum Gasteiger partial charge on any atom is 0.249 e. The van der Waals surface area contributed by atoms with Crippen LogP contribution in [0.2, 0.25) is 0 Å². The van der Waals surface area contributed by atoms with Crippen LogP contribution in [0.3, 0.4) is 0 Å². The first-order valence-corrected chi connectivity index (χ1v) is 10.2. The van der Waals surface area contributed by atoms with Crippen molar-refractivity contribution in [3.63, 3.8) is 0 Å². The van der Waals surface area contributed by atoms with Crippen LogP contribution in [0, 0.1) is 13.8 Å². The van der Waals surface area contributed by atoms with Crippen molar-refractivity contribution in [1.82, 2.24) is 15.2 Å². The first-order chi connectivity index (χ1) is 13.3. The zero-order valence-electron chi connectivity index (χ0n) is 15.7. The van der Waals surface area contributed by atoms with Crippen LogP contribution in [0.15, 0.2) is 53.6 Å². The maximum atomic E-state index is 11.3. The Labute approximate surface area is 164 Å². The molecule has 0 atom stereocenters. The average Bonchev–Trinajstić information content (AvgIpc) is 2.61. The van der Waals surface area contributed by atoms with E-state index in [9.17, 15) is 8.42 Å². The highest BCUT2D eigenvalue weighted by Gasteiger charge is 2.07. The Morgan fingerprint density at radius 3 is 2.36 bits per heavy atom. The van der Waals surface area contributed by atoms with Crippen LogP contribution >= 0.6 is 0 Å². The molecule has 9 heteroatoms. The van der Waals surface area contributed by atoms with Crippen LogP contribution in [0.1, 0.15) is 16.7 Å². The number of nitrogens with one attached hydrogen (secondary N) is 2. The summed E-state index contributed by atoms with van der Waals surface area (Å²) < 4.78 is 22.6. The third kappa shape index (κ3) is 5.48. The molecule has 0 unspecified atom stereocenters. The van der Waals surface area contributed by atoms with Gasteiger partial charge >= 0.3 is 0 Å². The van der Waals surface area contributed by atoms with E-state index in [1.165, 1.54) is 12.1 Å². The lowest BCUT2D eigenvalue weighted by molar-refractivity contribution is 0.598. The van der Waals surface area contributed by atoms with Gasteiger partial charge < -0.3 is 10.6 Å². The van der Waals surface area contributed by atoms with E-state index in [1.807, 2.05) is 26.0 Å². The Hall–Kier alpha value is -3.04. The van der Waals surface area contributed by atoms with Crippen molar-refractivity contribution in [2.75, 3.05) is 17.2 Å². The van der Waals surface area contributed by atoms with Gasteiger partial charge in [0.05, 0.1) is 11.1 Å². The monoisotopic (exact) mass is 398 g/mol. The number of anilines is 3. The summed E-state index contributed by atoms with van der Waals surface area (Å²) in [7, 11) is -3.67. The number of aromatic nitrogens is 3. The van der Waals surface area contributed by atoms with Gasteiger partial charge in [-0.2, -0.15) is 10.1 Å². The van der Waals surface area contributed by atoms with Gasteiger partial charge in [0.2, 0.25) is 16.0 Å². The molecule has 0 spiro atoms. The molecule has 2 aromatic carbocycles. The minimum absolute atomic E-state index is 0.103. The molecule has 3 aromatic rings. The normalized spacial score (nSPS) is 11.2. The first kappa shape index (κ1) is 19.7. The number of nitrogens with two attached hydrogens (primary N) is 1. The fourth-order valence-electron chi connectivity index (χ4n) is 2.80. The van der Waals surface area contributed by atoms with Crippen molar-refractivity contribution in [1.29, 1.82) is 0 Å². The lowest BCUT2D eigenvalue weighted by Gasteiger charge is -2.09. The number of nitrogens with zero attached hydrogens (tertiary/aromatic N) is 3. The molecule has 0 aliphatic carbocycles. The third-order valence-electron chi connectivity index (χ3n) is 4.01. The minimum Gasteiger partial charge on any atom is -0.368 e. The number of aryl methyl sites for hydroxylation is 2. The molecule has 0 fully saturated rings.